The van der Waals surface area contributed by atoms with Crippen molar-refractivity contribution in [3.05, 3.63) is 24.3 Å². The molecular weight excluding hydrogens is 272 g/mol. The zero-order valence-electron chi connectivity index (χ0n) is 12.4. The smallest absolute Gasteiger partial charge is 0.282 e. The van der Waals surface area contributed by atoms with Crippen LogP contribution in [0.5, 0.6) is 0 Å². The molecule has 1 rings (SSSR count). The number of quaternary nitrogens is 1. The van der Waals surface area contributed by atoms with Crippen molar-refractivity contribution >= 4 is 29.1 Å². The first-order valence-corrected chi connectivity index (χ1v) is 6.64. The van der Waals surface area contributed by atoms with Gasteiger partial charge in [0.1, 0.15) is 0 Å². The number of likely N-dealkylation sites (N-methyl/N-ethyl adjacent to an activating group) is 1. The Balaban J connectivity index is 2.50. The maximum atomic E-state index is 11.9. The van der Waals surface area contributed by atoms with Crippen molar-refractivity contribution in [3.63, 3.8) is 0 Å². The monoisotopic (exact) mass is 293 g/mol. The van der Waals surface area contributed by atoms with Crippen LogP contribution in [-0.2, 0) is 14.4 Å². The summed E-state index contributed by atoms with van der Waals surface area (Å²) in [6.45, 7) is 3.36. The molecule has 0 fully saturated rings. The van der Waals surface area contributed by atoms with Crippen molar-refractivity contribution in [1.29, 1.82) is 0 Å². The van der Waals surface area contributed by atoms with E-state index < -0.39 is 0 Å². The highest BCUT2D eigenvalue weighted by Crippen LogP contribution is 2.13. The Morgan fingerprint density at radius 1 is 1.10 bits per heavy atom. The molecule has 114 valence electrons. The fourth-order valence-corrected chi connectivity index (χ4v) is 1.59. The summed E-state index contributed by atoms with van der Waals surface area (Å²) >= 11 is 0. The Morgan fingerprint density at radius 2 is 1.62 bits per heavy atom. The van der Waals surface area contributed by atoms with E-state index in [0.29, 0.717) is 11.4 Å². The average molecular weight is 293 g/mol. The summed E-state index contributed by atoms with van der Waals surface area (Å²) in [6, 6.07) is 6.44. The second-order valence-corrected chi connectivity index (χ2v) is 4.65. The SMILES string of the molecule is CNC(=O)C[NH2+][C@@H](C)C(=O)Nc1ccc(NC(C)=O)cc1. The van der Waals surface area contributed by atoms with Crippen molar-refractivity contribution in [2.45, 2.75) is 19.9 Å². The van der Waals surface area contributed by atoms with Crippen molar-refractivity contribution in [2.24, 2.45) is 0 Å². The molecule has 0 heterocycles. The van der Waals surface area contributed by atoms with Gasteiger partial charge in [-0.15, -0.1) is 0 Å². The summed E-state index contributed by atoms with van der Waals surface area (Å²) in [5.74, 6) is -0.468. The molecule has 1 aromatic rings. The number of hydrogen-bond donors (Lipinski definition) is 4. The molecule has 21 heavy (non-hydrogen) atoms. The van der Waals surface area contributed by atoms with Gasteiger partial charge in [-0.3, -0.25) is 14.4 Å². The first-order valence-electron chi connectivity index (χ1n) is 6.64. The molecule has 0 radical (unpaired) electrons. The van der Waals surface area contributed by atoms with Crippen LogP contribution in [0.2, 0.25) is 0 Å². The number of amides is 3. The Kier molecular flexibility index (Phi) is 6.35. The lowest BCUT2D eigenvalue weighted by Gasteiger charge is -2.11. The molecule has 3 amide bonds. The number of nitrogens with one attached hydrogen (secondary N) is 3. The van der Waals surface area contributed by atoms with Gasteiger partial charge in [0.2, 0.25) is 5.91 Å². The molecule has 0 aromatic heterocycles. The van der Waals surface area contributed by atoms with Crippen molar-refractivity contribution in [1.82, 2.24) is 5.32 Å². The molecule has 0 aliphatic rings. The van der Waals surface area contributed by atoms with Crippen molar-refractivity contribution in [2.75, 3.05) is 24.2 Å². The Hall–Kier alpha value is -2.41. The second-order valence-electron chi connectivity index (χ2n) is 4.65. The minimum absolute atomic E-state index is 0.130. The molecular formula is C14H21N4O3+. The van der Waals surface area contributed by atoms with Gasteiger partial charge in [0.25, 0.3) is 11.8 Å². The summed E-state index contributed by atoms with van der Waals surface area (Å²) in [7, 11) is 1.55. The number of carbonyl (C=O) groups excluding carboxylic acids is 3. The van der Waals surface area contributed by atoms with Gasteiger partial charge in [0.05, 0.1) is 0 Å². The van der Waals surface area contributed by atoms with Gasteiger partial charge in [-0.05, 0) is 31.2 Å². The highest BCUT2D eigenvalue weighted by molar-refractivity contribution is 5.94. The molecule has 5 N–H and O–H groups in total. The van der Waals surface area contributed by atoms with Gasteiger partial charge >= 0.3 is 0 Å². The maximum Gasteiger partial charge on any atom is 0.282 e. The first-order chi connectivity index (χ1) is 9.92. The third-order valence-electron chi connectivity index (χ3n) is 2.82. The van der Waals surface area contributed by atoms with Gasteiger partial charge in [-0.25, -0.2) is 0 Å². The van der Waals surface area contributed by atoms with Crippen LogP contribution in [0, 0.1) is 0 Å². The van der Waals surface area contributed by atoms with E-state index in [-0.39, 0.29) is 30.3 Å². The molecule has 0 unspecified atom stereocenters. The third kappa shape index (κ3) is 6.05. The summed E-state index contributed by atoms with van der Waals surface area (Å²) in [5, 5.41) is 9.54. The van der Waals surface area contributed by atoms with E-state index in [4.69, 9.17) is 0 Å². The molecule has 0 spiro atoms. The summed E-state index contributed by atoms with van der Waals surface area (Å²) in [5.41, 5.74) is 1.30. The van der Waals surface area contributed by atoms with E-state index in [1.54, 1.807) is 43.6 Å². The molecule has 1 atom stereocenters. The normalized spacial score (nSPS) is 11.4. The summed E-state index contributed by atoms with van der Waals surface area (Å²) in [6.07, 6.45) is 0. The topological polar surface area (TPSA) is 104 Å². The predicted octanol–water partition coefficient (Wildman–Crippen LogP) is -0.719. The van der Waals surface area contributed by atoms with Crippen molar-refractivity contribution < 1.29 is 19.7 Å². The van der Waals surface area contributed by atoms with Gasteiger partial charge in [-0.2, -0.15) is 0 Å². The fraction of sp³-hybridized carbons (Fsp3) is 0.357. The van der Waals surface area contributed by atoms with E-state index in [2.05, 4.69) is 16.0 Å². The predicted molar refractivity (Wildman–Crippen MR) is 79.7 cm³/mol. The lowest BCUT2D eigenvalue weighted by molar-refractivity contribution is -0.662. The lowest BCUT2D eigenvalue weighted by Crippen LogP contribution is -2.93. The highest BCUT2D eigenvalue weighted by Gasteiger charge is 2.17. The van der Waals surface area contributed by atoms with Crippen LogP contribution in [0.3, 0.4) is 0 Å². The van der Waals surface area contributed by atoms with E-state index >= 15 is 0 Å². The Bertz CT molecular complexity index is 513. The maximum absolute atomic E-state index is 11.9. The van der Waals surface area contributed by atoms with Crippen LogP contribution >= 0.6 is 0 Å². The van der Waals surface area contributed by atoms with Crippen LogP contribution in [0.15, 0.2) is 24.3 Å². The number of hydrogen-bond acceptors (Lipinski definition) is 3. The Morgan fingerprint density at radius 3 is 2.10 bits per heavy atom. The van der Waals surface area contributed by atoms with E-state index in [0.717, 1.165) is 0 Å². The number of nitrogens with two attached hydrogens (primary N) is 1. The van der Waals surface area contributed by atoms with Gasteiger partial charge < -0.3 is 21.3 Å². The van der Waals surface area contributed by atoms with E-state index in [9.17, 15) is 14.4 Å². The van der Waals surface area contributed by atoms with E-state index in [1.165, 1.54) is 6.92 Å². The Labute approximate surface area is 123 Å². The molecule has 1 aromatic carbocycles. The van der Waals surface area contributed by atoms with Crippen LogP contribution in [0.1, 0.15) is 13.8 Å². The van der Waals surface area contributed by atoms with Crippen LogP contribution in [0.25, 0.3) is 0 Å². The van der Waals surface area contributed by atoms with Gasteiger partial charge in [0, 0.05) is 25.3 Å². The standard InChI is InChI=1S/C14H20N4O3/c1-9(16-8-13(20)15-3)14(21)18-12-6-4-11(5-7-12)17-10(2)19/h4-7,9,16H,8H2,1-3H3,(H,15,20)(H,17,19)(H,18,21)/p+1/t9-/m0/s1. The summed E-state index contributed by atoms with van der Waals surface area (Å²) in [4.78, 5) is 33.9. The third-order valence-corrected chi connectivity index (χ3v) is 2.82. The number of benzene rings is 1. The number of carbonyl (C=O) groups is 3. The molecule has 0 saturated carbocycles. The first kappa shape index (κ1) is 16.6. The van der Waals surface area contributed by atoms with Crippen LogP contribution in [0.4, 0.5) is 11.4 Å². The fourth-order valence-electron chi connectivity index (χ4n) is 1.59. The second kappa shape index (κ2) is 8.01. The number of rotatable bonds is 6. The zero-order valence-corrected chi connectivity index (χ0v) is 12.4. The number of anilines is 2. The average Bonchev–Trinajstić information content (AvgIpc) is 2.45. The van der Waals surface area contributed by atoms with Gasteiger partial charge in [-0.1, -0.05) is 0 Å². The lowest BCUT2D eigenvalue weighted by atomic mass is 10.2. The van der Waals surface area contributed by atoms with Crippen LogP contribution < -0.4 is 21.3 Å². The molecule has 0 saturated heterocycles. The zero-order chi connectivity index (χ0) is 15.8. The minimum Gasteiger partial charge on any atom is -0.354 e. The molecule has 0 aliphatic carbocycles. The largest absolute Gasteiger partial charge is 0.354 e. The van der Waals surface area contributed by atoms with Gasteiger partial charge in [0.15, 0.2) is 12.6 Å². The summed E-state index contributed by atoms with van der Waals surface area (Å²) < 4.78 is 0. The highest BCUT2D eigenvalue weighted by atomic mass is 16.2. The molecule has 7 nitrogen and oxygen atoms in total. The van der Waals surface area contributed by atoms with E-state index in [1.807, 2.05) is 0 Å². The molecule has 0 bridgehead atoms. The quantitative estimate of drug-likeness (QED) is 0.556. The van der Waals surface area contributed by atoms with Crippen LogP contribution in [-0.4, -0.2) is 37.4 Å². The molecule has 0 aliphatic heterocycles. The minimum atomic E-state index is -0.377. The molecule has 7 heteroatoms. The van der Waals surface area contributed by atoms with Crippen molar-refractivity contribution in [3.8, 4) is 0 Å².